The SMILES string of the molecule is CC(C)N.CCC(C)N.CCC(N)CC.CCN.COCCCN.COCCN.CS(=O)(=O)CCN.CS(=O)CCN.NC1CC1.NC1CCC1.NC1CCCC1.NC1CCCCC1.NCC1CC1.NCc1ccccc1.Nc1ccccc1. The Hall–Kier alpha value is -2.30. The lowest BCUT2D eigenvalue weighted by molar-refractivity contribution is 0.197. The van der Waals surface area contributed by atoms with Crippen molar-refractivity contribution in [2.75, 3.05) is 96.5 Å². The number of hydrogen-bond acceptors (Lipinski definition) is 20. The standard InChI is InChI=1S/C7H9N.C6H13N.C6H7N.C5H11N.C5H13N.C4H11NO.2C4H9N.C4H11N.C3H9NO2S.C3H9NOS.C3H9NO.C3H7N.C3H9N.C2H7N/c8-6-7-4-2-1-3-5-7;2*7-6-4-2-1-3-5-6;6-5-3-1-2-4-5;1-3-5(6)4-2;1-6-4-2-3-5;5-3-4-1-2-4;5-4-2-1-3-4;1-3-4(2)5;1-7(5,6)3-2-4;1-6(5)3-2-4;1-5-3-2-4;4-3-1-2-3;1-3(2)4;1-2-3/h1-5H,6,8H2;6H,1-5,7H2;1-5H,7H2;5H,1-4,6H2;5H,3-4,6H2,1-2H3;2-5H2,1H3;2*4H,1-3,5H2;4H,3,5H2,1-2H3;2-4H2,1H3;2-4H2,1H3;2-4H2,1H3;3H,1-2,4H2;3H,4H2,1-2H3;2-3H2,1H3. The number of para-hydroxylation sites is 1. The van der Waals surface area contributed by atoms with Crippen LogP contribution in [0.5, 0.6) is 0 Å². The summed E-state index contributed by atoms with van der Waals surface area (Å²) in [6, 6.07) is 22.9. The summed E-state index contributed by atoms with van der Waals surface area (Å²) in [6.45, 7) is 19.9. The molecule has 2 atom stereocenters. The maximum absolute atomic E-state index is 10.2. The Kier molecular flexibility index (Phi) is 94.1. The Balaban J connectivity index is -0.000000123. The fraction of sp³-hybridized carbons (Fsp3) is 0.806. The van der Waals surface area contributed by atoms with E-state index in [1.165, 1.54) is 115 Å². The molecule has 22 heteroatoms. The van der Waals surface area contributed by atoms with Crippen LogP contribution in [-0.4, -0.2) is 146 Å². The fourth-order valence-corrected chi connectivity index (χ4v) is 5.82. The van der Waals surface area contributed by atoms with Crippen molar-refractivity contribution in [3.8, 4) is 0 Å². The molecule has 0 aliphatic heterocycles. The zero-order chi connectivity index (χ0) is 66.3. The van der Waals surface area contributed by atoms with E-state index in [4.69, 9.17) is 90.7 Å². The number of ether oxygens (including phenoxy) is 2. The topological polar surface area (TPSA) is 460 Å². The van der Waals surface area contributed by atoms with Gasteiger partial charge in [0.15, 0.2) is 0 Å². The molecule has 20 nitrogen and oxygen atoms in total. The van der Waals surface area contributed by atoms with Gasteiger partial charge in [0.2, 0.25) is 0 Å². The second-order valence-corrected chi connectivity index (χ2v) is 25.1. The maximum atomic E-state index is 10.2. The van der Waals surface area contributed by atoms with E-state index in [1.807, 2.05) is 88.4 Å². The Bertz CT molecular complexity index is 1540. The molecule has 508 valence electrons. The van der Waals surface area contributed by atoms with Crippen molar-refractivity contribution >= 4 is 26.3 Å². The van der Waals surface area contributed by atoms with Gasteiger partial charge < -0.3 is 95.5 Å². The molecule has 0 radical (unpaired) electrons. The van der Waals surface area contributed by atoms with Crippen LogP contribution in [0.25, 0.3) is 0 Å². The zero-order valence-corrected chi connectivity index (χ0v) is 57.5. The Morgan fingerprint density at radius 1 is 0.548 bits per heavy atom. The summed E-state index contributed by atoms with van der Waals surface area (Å²) in [5.74, 6) is 1.63. The third kappa shape index (κ3) is 126. The van der Waals surface area contributed by atoms with Gasteiger partial charge >= 0.3 is 0 Å². The van der Waals surface area contributed by atoms with Gasteiger partial charge in [0, 0.05) is 118 Å². The highest BCUT2D eigenvalue weighted by Gasteiger charge is 2.18. The van der Waals surface area contributed by atoms with Gasteiger partial charge in [-0.05, 0) is 146 Å². The number of benzene rings is 2. The molecule has 0 spiro atoms. The number of nitrogen functional groups attached to an aromatic ring is 1. The maximum Gasteiger partial charge on any atom is 0.148 e. The second kappa shape index (κ2) is 80.7. The van der Waals surface area contributed by atoms with Gasteiger partial charge in [-0.15, -0.1) is 0 Å². The van der Waals surface area contributed by atoms with Crippen LogP contribution < -0.4 is 86.0 Å². The molecular weight excluding hydrogens is 1100 g/mol. The summed E-state index contributed by atoms with van der Waals surface area (Å²) in [6.07, 6.45) is 28.2. The van der Waals surface area contributed by atoms with Crippen molar-refractivity contribution in [1.29, 1.82) is 0 Å². The van der Waals surface area contributed by atoms with E-state index in [1.54, 1.807) is 20.5 Å². The molecule has 0 saturated heterocycles. The van der Waals surface area contributed by atoms with E-state index in [-0.39, 0.29) is 12.3 Å². The molecule has 2 unspecified atom stereocenters. The van der Waals surface area contributed by atoms with Crippen LogP contribution in [0.3, 0.4) is 0 Å². The average molecular weight is 1240 g/mol. The van der Waals surface area contributed by atoms with Crippen molar-refractivity contribution in [1.82, 2.24) is 0 Å². The molecule has 5 aliphatic rings. The summed E-state index contributed by atoms with van der Waals surface area (Å²) in [5, 5.41) is 0. The molecular formula is C62H143N15O5S2. The predicted octanol–water partition coefficient (Wildman–Crippen LogP) is 5.62. The molecule has 0 bridgehead atoms. The minimum absolute atomic E-state index is 0.0903. The summed E-state index contributed by atoms with van der Waals surface area (Å²) in [5.41, 5.74) is 80.6. The van der Waals surface area contributed by atoms with Gasteiger partial charge in [0.1, 0.15) is 9.84 Å². The van der Waals surface area contributed by atoms with E-state index in [2.05, 4.69) is 25.5 Å². The highest BCUT2D eigenvalue weighted by Crippen LogP contribution is 2.26. The van der Waals surface area contributed by atoms with Crippen LogP contribution in [0, 0.1) is 5.92 Å². The number of nitrogens with two attached hydrogens (primary N) is 15. The monoisotopic (exact) mass is 1240 g/mol. The van der Waals surface area contributed by atoms with E-state index in [0.717, 1.165) is 63.5 Å². The number of anilines is 1. The number of methoxy groups -OCH3 is 2. The normalized spacial score (nSPS) is 15.1. The van der Waals surface area contributed by atoms with Gasteiger partial charge in [-0.2, -0.15) is 0 Å². The Labute approximate surface area is 520 Å². The molecule has 5 aliphatic carbocycles. The molecule has 7 rings (SSSR count). The summed E-state index contributed by atoms with van der Waals surface area (Å²) >= 11 is 0. The molecule has 30 N–H and O–H groups in total. The molecule has 5 fully saturated rings. The van der Waals surface area contributed by atoms with Crippen molar-refractivity contribution in [2.24, 2.45) is 86.2 Å². The van der Waals surface area contributed by atoms with Crippen LogP contribution in [0.1, 0.15) is 182 Å². The van der Waals surface area contributed by atoms with Gasteiger partial charge in [-0.25, -0.2) is 8.42 Å². The molecule has 2 aromatic rings. The first-order valence-electron chi connectivity index (χ1n) is 31.2. The van der Waals surface area contributed by atoms with Crippen LogP contribution in [0.2, 0.25) is 0 Å². The lowest BCUT2D eigenvalue weighted by Crippen LogP contribution is -2.27. The Morgan fingerprint density at radius 2 is 0.905 bits per heavy atom. The van der Waals surface area contributed by atoms with Gasteiger partial charge in [0.25, 0.3) is 0 Å². The Morgan fingerprint density at radius 3 is 1.00 bits per heavy atom. The van der Waals surface area contributed by atoms with E-state index in [0.29, 0.717) is 74.3 Å². The quantitative estimate of drug-likeness (QED) is 0.0805. The number of rotatable bonds is 14. The first kappa shape index (κ1) is 98.0. The molecule has 5 saturated carbocycles. The largest absolute Gasteiger partial charge is 0.399 e. The molecule has 0 aromatic heterocycles. The number of hydrogen-bond donors (Lipinski definition) is 15. The molecule has 0 amide bonds. The minimum atomic E-state index is -2.80. The first-order chi connectivity index (χ1) is 39.7. The lowest BCUT2D eigenvalue weighted by atomic mass is 9.95. The third-order valence-electron chi connectivity index (χ3n) is 11.2. The van der Waals surface area contributed by atoms with E-state index < -0.39 is 20.6 Å². The summed E-state index contributed by atoms with van der Waals surface area (Å²) in [4.78, 5) is 0. The van der Waals surface area contributed by atoms with Gasteiger partial charge in [-0.3, -0.25) is 4.21 Å². The zero-order valence-electron chi connectivity index (χ0n) is 55.8. The smallest absolute Gasteiger partial charge is 0.148 e. The van der Waals surface area contributed by atoms with Crippen LogP contribution in [-0.2, 0) is 36.7 Å². The van der Waals surface area contributed by atoms with Crippen molar-refractivity contribution in [2.45, 2.75) is 226 Å². The van der Waals surface area contributed by atoms with Crippen molar-refractivity contribution < 1.29 is 22.1 Å². The highest BCUT2D eigenvalue weighted by molar-refractivity contribution is 7.90. The van der Waals surface area contributed by atoms with Crippen LogP contribution >= 0.6 is 0 Å². The first-order valence-corrected chi connectivity index (χ1v) is 35.0. The fourth-order valence-electron chi connectivity index (χ4n) is 5.06. The summed E-state index contributed by atoms with van der Waals surface area (Å²) < 4.78 is 39.6. The highest BCUT2D eigenvalue weighted by atomic mass is 32.2. The van der Waals surface area contributed by atoms with E-state index >= 15 is 0 Å². The van der Waals surface area contributed by atoms with Crippen molar-refractivity contribution in [3.63, 3.8) is 0 Å². The summed E-state index contributed by atoms with van der Waals surface area (Å²) in [7, 11) is -0.182. The average Bonchev–Trinajstić information content (AvgIpc) is 4.40. The minimum Gasteiger partial charge on any atom is -0.399 e. The lowest BCUT2D eigenvalue weighted by Gasteiger charge is -2.18. The third-order valence-corrected chi connectivity index (χ3v) is 13.0. The van der Waals surface area contributed by atoms with Gasteiger partial charge in [-0.1, -0.05) is 129 Å². The van der Waals surface area contributed by atoms with Gasteiger partial charge in [0.05, 0.1) is 12.4 Å². The van der Waals surface area contributed by atoms with Crippen LogP contribution in [0.4, 0.5) is 5.69 Å². The van der Waals surface area contributed by atoms with Crippen LogP contribution in [0.15, 0.2) is 60.7 Å². The molecule has 2 aromatic carbocycles. The van der Waals surface area contributed by atoms with Crippen molar-refractivity contribution in [3.05, 3.63) is 66.2 Å². The molecule has 0 heterocycles. The number of sulfone groups is 1. The van der Waals surface area contributed by atoms with E-state index in [9.17, 15) is 12.6 Å². The second-order valence-electron chi connectivity index (χ2n) is 21.3. The predicted molar refractivity (Wildman–Crippen MR) is 373 cm³/mol. The molecule has 84 heavy (non-hydrogen) atoms.